The van der Waals surface area contributed by atoms with Crippen molar-refractivity contribution in [2.75, 3.05) is 0 Å². The number of phenolic OH excluding ortho intramolecular Hbond substituents is 1. The van der Waals surface area contributed by atoms with Gasteiger partial charge in [0, 0.05) is 0 Å². The van der Waals surface area contributed by atoms with Crippen molar-refractivity contribution < 1.29 is 14.5 Å². The molecule has 4 heteroatoms. The van der Waals surface area contributed by atoms with Gasteiger partial charge in [0.2, 0.25) is 0 Å². The van der Waals surface area contributed by atoms with Crippen molar-refractivity contribution in [2.24, 2.45) is 0 Å². The van der Waals surface area contributed by atoms with Gasteiger partial charge < -0.3 is 10.1 Å². The summed E-state index contributed by atoms with van der Waals surface area (Å²) in [5.41, 5.74) is 0.0833. The third kappa shape index (κ3) is 1.27. The first-order valence-electron chi connectivity index (χ1n) is 2.70. The zero-order valence-corrected chi connectivity index (χ0v) is 5.08. The molecule has 0 atom stereocenters. The van der Waals surface area contributed by atoms with Gasteiger partial charge in [-0.15, -0.1) is 0 Å². The maximum Gasteiger partial charge on any atom is 0.330 e. The van der Waals surface area contributed by atoms with E-state index in [2.05, 4.69) is 0 Å². The smallest absolute Gasteiger partial charge is 0.330 e. The van der Waals surface area contributed by atoms with Gasteiger partial charge in [0.25, 0.3) is 0 Å². The highest BCUT2D eigenvalue weighted by molar-refractivity contribution is 6.46. The molecule has 0 saturated heterocycles. The van der Waals surface area contributed by atoms with E-state index in [-0.39, 0.29) is 11.2 Å². The van der Waals surface area contributed by atoms with Crippen LogP contribution in [0.15, 0.2) is 18.2 Å². The summed E-state index contributed by atoms with van der Waals surface area (Å²) in [6.45, 7) is 0. The molecule has 10 heavy (non-hydrogen) atoms. The summed E-state index contributed by atoms with van der Waals surface area (Å²) in [7, 11) is 0.651. The number of benzene rings is 1. The molecule has 51 valence electrons. The van der Waals surface area contributed by atoms with Gasteiger partial charge in [-0.1, -0.05) is 0 Å². The lowest BCUT2D eigenvalue weighted by molar-refractivity contribution is 0.476. The Bertz CT molecular complexity index is 239. The number of phenols is 1. The average molecular weight is 139 g/mol. The summed E-state index contributed by atoms with van der Waals surface area (Å²) in [5.74, 6) is -0.623. The predicted octanol–water partition coefficient (Wildman–Crippen LogP) is -0.232. The van der Waals surface area contributed by atoms with Crippen LogP contribution in [0, 0.1) is 5.82 Å². The van der Waals surface area contributed by atoms with Crippen LogP contribution in [0.2, 0.25) is 0 Å². The highest BCUT2D eigenvalue weighted by Crippen LogP contribution is 2.04. The van der Waals surface area contributed by atoms with Crippen molar-refractivity contribution in [3.63, 3.8) is 0 Å². The molecule has 1 radical (unpaired) electrons. The highest BCUT2D eigenvalue weighted by Gasteiger charge is 2.01. The van der Waals surface area contributed by atoms with Gasteiger partial charge in [-0.3, -0.25) is 0 Å². The largest absolute Gasteiger partial charge is 0.508 e. The van der Waals surface area contributed by atoms with E-state index < -0.39 is 5.82 Å². The molecule has 0 unspecified atom stereocenters. The molecule has 2 N–H and O–H groups in total. The normalized spacial score (nSPS) is 9.40. The van der Waals surface area contributed by atoms with Crippen molar-refractivity contribution in [2.45, 2.75) is 0 Å². The maximum atomic E-state index is 12.3. The number of halogens is 1. The monoisotopic (exact) mass is 139 g/mol. The molecule has 0 amide bonds. The van der Waals surface area contributed by atoms with Gasteiger partial charge in [0.1, 0.15) is 11.6 Å². The fraction of sp³-hybridized carbons (Fsp3) is 0. The van der Waals surface area contributed by atoms with E-state index in [1.165, 1.54) is 6.07 Å². The SMILES string of the molecule is O[B]c1cc(F)ccc1O. The van der Waals surface area contributed by atoms with E-state index >= 15 is 0 Å². The highest BCUT2D eigenvalue weighted by atomic mass is 19.1. The zero-order chi connectivity index (χ0) is 7.56. The third-order valence-corrected chi connectivity index (χ3v) is 1.13. The molecule has 0 aliphatic carbocycles. The molecule has 1 aromatic carbocycles. The lowest BCUT2D eigenvalue weighted by atomic mass is 9.88. The Hall–Kier alpha value is -1.03. The first-order valence-corrected chi connectivity index (χ1v) is 2.70. The van der Waals surface area contributed by atoms with Gasteiger partial charge in [0.15, 0.2) is 0 Å². The molecule has 1 aromatic rings. The molecule has 1 rings (SSSR count). The second-order valence-electron chi connectivity index (χ2n) is 1.83. The fourth-order valence-electron chi connectivity index (χ4n) is 0.629. The summed E-state index contributed by atoms with van der Waals surface area (Å²) in [6, 6.07) is 3.33. The standard InChI is InChI=1S/C6H5BFO2/c8-4-1-2-6(9)5(3-4)7-10/h1-3,9-10H. The summed E-state index contributed by atoms with van der Waals surface area (Å²) >= 11 is 0. The second-order valence-corrected chi connectivity index (χ2v) is 1.83. The molecule has 0 bridgehead atoms. The van der Waals surface area contributed by atoms with Crippen LogP contribution < -0.4 is 5.46 Å². The Morgan fingerprint density at radius 1 is 1.40 bits per heavy atom. The van der Waals surface area contributed by atoms with Gasteiger partial charge in [-0.2, -0.15) is 0 Å². The third-order valence-electron chi connectivity index (χ3n) is 1.13. The minimum Gasteiger partial charge on any atom is -0.508 e. The molecule has 0 spiro atoms. The van der Waals surface area contributed by atoms with Crippen LogP contribution in [0.5, 0.6) is 5.75 Å². The Morgan fingerprint density at radius 2 is 2.10 bits per heavy atom. The predicted molar refractivity (Wildman–Crippen MR) is 35.7 cm³/mol. The Labute approximate surface area is 58.2 Å². The van der Waals surface area contributed by atoms with Crippen LogP contribution in [0.1, 0.15) is 0 Å². The van der Waals surface area contributed by atoms with Crippen molar-refractivity contribution >= 4 is 12.9 Å². The minimum atomic E-state index is -0.488. The summed E-state index contributed by atoms with van der Waals surface area (Å²) in [6.07, 6.45) is 0. The van der Waals surface area contributed by atoms with E-state index in [1.807, 2.05) is 0 Å². The lowest BCUT2D eigenvalue weighted by Gasteiger charge is -1.97. The van der Waals surface area contributed by atoms with Crippen LogP contribution >= 0.6 is 0 Å². The van der Waals surface area contributed by atoms with Crippen LogP contribution in [0.3, 0.4) is 0 Å². The van der Waals surface area contributed by atoms with E-state index in [1.54, 1.807) is 0 Å². The lowest BCUT2D eigenvalue weighted by Crippen LogP contribution is -2.13. The van der Waals surface area contributed by atoms with Crippen LogP contribution in [0.4, 0.5) is 4.39 Å². The molecule has 0 aliphatic heterocycles. The summed E-state index contributed by atoms with van der Waals surface area (Å²) in [4.78, 5) is 0. The van der Waals surface area contributed by atoms with Crippen molar-refractivity contribution in [1.29, 1.82) is 0 Å². The van der Waals surface area contributed by atoms with E-state index in [4.69, 9.17) is 10.1 Å². The Morgan fingerprint density at radius 3 is 2.60 bits per heavy atom. The van der Waals surface area contributed by atoms with Crippen LogP contribution in [0.25, 0.3) is 0 Å². The van der Waals surface area contributed by atoms with Crippen molar-refractivity contribution in [1.82, 2.24) is 0 Å². The fourth-order valence-corrected chi connectivity index (χ4v) is 0.629. The Balaban J connectivity index is 3.09. The van der Waals surface area contributed by atoms with Gasteiger partial charge in [0.05, 0.1) is 0 Å². The molecule has 0 heterocycles. The number of rotatable bonds is 1. The summed E-state index contributed by atoms with van der Waals surface area (Å²) < 4.78 is 12.3. The molecule has 0 aromatic heterocycles. The molecule has 2 nitrogen and oxygen atoms in total. The number of aromatic hydroxyl groups is 1. The molecular weight excluding hydrogens is 134 g/mol. The zero-order valence-electron chi connectivity index (χ0n) is 5.08. The minimum absolute atomic E-state index is 0.0833. The Kier molecular flexibility index (Phi) is 1.92. The van der Waals surface area contributed by atoms with E-state index in [9.17, 15) is 4.39 Å². The number of hydrogen-bond donors (Lipinski definition) is 2. The van der Waals surface area contributed by atoms with Gasteiger partial charge in [-0.25, -0.2) is 4.39 Å². The quantitative estimate of drug-likeness (QED) is 0.527. The maximum absolute atomic E-state index is 12.3. The van der Waals surface area contributed by atoms with E-state index in [0.29, 0.717) is 7.48 Å². The second kappa shape index (κ2) is 2.71. The topological polar surface area (TPSA) is 40.5 Å². The van der Waals surface area contributed by atoms with Gasteiger partial charge in [-0.05, 0) is 23.7 Å². The van der Waals surface area contributed by atoms with E-state index in [0.717, 1.165) is 12.1 Å². The van der Waals surface area contributed by atoms with Crippen LogP contribution in [-0.2, 0) is 0 Å². The van der Waals surface area contributed by atoms with Crippen molar-refractivity contribution in [3.8, 4) is 5.75 Å². The van der Waals surface area contributed by atoms with Crippen LogP contribution in [-0.4, -0.2) is 17.6 Å². The van der Waals surface area contributed by atoms with Crippen molar-refractivity contribution in [3.05, 3.63) is 24.0 Å². The van der Waals surface area contributed by atoms with Gasteiger partial charge >= 0.3 is 7.48 Å². The average Bonchev–Trinajstić information content (AvgIpc) is 1.94. The summed E-state index contributed by atoms with van der Waals surface area (Å²) in [5, 5.41) is 17.3. The molecule has 0 saturated carbocycles. The first-order chi connectivity index (χ1) is 4.74. The molecule has 0 aliphatic rings. The molecular formula is C6H5BFO2. The molecule has 0 fully saturated rings. The first kappa shape index (κ1) is 7.09. The number of hydrogen-bond acceptors (Lipinski definition) is 2.